The van der Waals surface area contributed by atoms with Crippen LogP contribution in [-0.2, 0) is 0 Å². The van der Waals surface area contributed by atoms with Crippen molar-refractivity contribution in [2.45, 2.75) is 31.6 Å². The van der Waals surface area contributed by atoms with Gasteiger partial charge >= 0.3 is 0 Å². The Morgan fingerprint density at radius 3 is 2.73 bits per heavy atom. The predicted octanol–water partition coefficient (Wildman–Crippen LogP) is 2.27. The number of nitrogens with zero attached hydrogens (tertiary/aromatic N) is 2. The first-order valence-electron chi connectivity index (χ1n) is 5.09. The van der Waals surface area contributed by atoms with E-state index in [0.717, 1.165) is 12.2 Å². The molecule has 0 spiro atoms. The van der Waals surface area contributed by atoms with E-state index in [4.69, 9.17) is 0 Å². The Balaban J connectivity index is 2.47. The van der Waals surface area contributed by atoms with E-state index in [-0.39, 0.29) is 10.8 Å². The molecular formula is C11H19N3S. The number of rotatable bonds is 5. The summed E-state index contributed by atoms with van der Waals surface area (Å²) < 4.78 is 0.260. The van der Waals surface area contributed by atoms with E-state index in [1.807, 2.05) is 18.0 Å². The van der Waals surface area contributed by atoms with E-state index in [1.54, 1.807) is 12.4 Å². The van der Waals surface area contributed by atoms with Gasteiger partial charge in [-0.05, 0) is 27.0 Å². The van der Waals surface area contributed by atoms with Gasteiger partial charge in [0.15, 0.2) is 0 Å². The number of hydrogen-bond acceptors (Lipinski definition) is 4. The third-order valence-electron chi connectivity index (χ3n) is 2.41. The highest BCUT2D eigenvalue weighted by molar-refractivity contribution is 7.99. The Hall–Kier alpha value is -0.610. The molecule has 0 radical (unpaired) electrons. The van der Waals surface area contributed by atoms with Gasteiger partial charge < -0.3 is 5.32 Å². The number of hydrogen-bond donors (Lipinski definition) is 1. The summed E-state index contributed by atoms with van der Waals surface area (Å²) in [5.41, 5.74) is 0.995. The lowest BCUT2D eigenvalue weighted by atomic mass is 10.2. The second-order valence-corrected chi connectivity index (χ2v) is 5.71. The monoisotopic (exact) mass is 225 g/mol. The van der Waals surface area contributed by atoms with E-state index < -0.39 is 0 Å². The number of thioether (sulfide) groups is 1. The minimum absolute atomic E-state index is 0.255. The molecule has 1 aromatic rings. The lowest BCUT2D eigenvalue weighted by molar-refractivity contribution is 0.513. The summed E-state index contributed by atoms with van der Waals surface area (Å²) in [5.74, 6) is 0. The van der Waals surface area contributed by atoms with Crippen molar-refractivity contribution in [3.8, 4) is 0 Å². The third-order valence-corrected chi connectivity index (χ3v) is 3.66. The highest BCUT2D eigenvalue weighted by Crippen LogP contribution is 2.20. The third kappa shape index (κ3) is 4.18. The van der Waals surface area contributed by atoms with Crippen molar-refractivity contribution >= 4 is 11.8 Å². The van der Waals surface area contributed by atoms with E-state index in [1.165, 1.54) is 0 Å². The van der Waals surface area contributed by atoms with Crippen LogP contribution in [0.25, 0.3) is 0 Å². The fourth-order valence-electron chi connectivity index (χ4n) is 1.11. The van der Waals surface area contributed by atoms with Crippen LogP contribution in [-0.4, -0.2) is 27.5 Å². The molecule has 0 aliphatic carbocycles. The quantitative estimate of drug-likeness (QED) is 0.834. The maximum atomic E-state index is 4.27. The van der Waals surface area contributed by atoms with E-state index >= 15 is 0 Å². The Labute approximate surface area is 96.1 Å². The topological polar surface area (TPSA) is 37.8 Å². The Morgan fingerprint density at radius 1 is 1.47 bits per heavy atom. The summed E-state index contributed by atoms with van der Waals surface area (Å²) in [7, 11) is 0. The first kappa shape index (κ1) is 12.5. The van der Waals surface area contributed by atoms with Gasteiger partial charge in [0.1, 0.15) is 0 Å². The second-order valence-electron chi connectivity index (χ2n) is 4.20. The van der Waals surface area contributed by atoms with E-state index in [2.05, 4.69) is 42.3 Å². The zero-order valence-corrected chi connectivity index (χ0v) is 10.6. The molecule has 15 heavy (non-hydrogen) atoms. The number of nitrogens with one attached hydrogen (secondary N) is 1. The van der Waals surface area contributed by atoms with Crippen molar-refractivity contribution in [3.05, 3.63) is 24.3 Å². The van der Waals surface area contributed by atoms with Gasteiger partial charge in [0.25, 0.3) is 0 Å². The lowest BCUT2D eigenvalue weighted by Gasteiger charge is -2.24. The molecule has 1 atom stereocenters. The van der Waals surface area contributed by atoms with Gasteiger partial charge in [-0.3, -0.25) is 9.97 Å². The molecule has 1 aromatic heterocycles. The largest absolute Gasteiger partial charge is 0.307 e. The molecule has 3 nitrogen and oxygen atoms in total. The zero-order chi connectivity index (χ0) is 11.3. The highest BCUT2D eigenvalue weighted by atomic mass is 32.2. The molecule has 1 unspecified atom stereocenters. The molecule has 0 aliphatic rings. The molecule has 1 heterocycles. The van der Waals surface area contributed by atoms with Gasteiger partial charge in [0.05, 0.1) is 5.69 Å². The van der Waals surface area contributed by atoms with Crippen LogP contribution in [0.4, 0.5) is 0 Å². The van der Waals surface area contributed by atoms with Gasteiger partial charge in [0, 0.05) is 35.9 Å². The average molecular weight is 225 g/mol. The summed E-state index contributed by atoms with van der Waals surface area (Å²) in [6.45, 7) is 7.54. The van der Waals surface area contributed by atoms with Crippen LogP contribution in [0, 0.1) is 0 Å². The van der Waals surface area contributed by atoms with E-state index in [0.29, 0.717) is 0 Å². The van der Waals surface area contributed by atoms with Crippen LogP contribution in [0.2, 0.25) is 0 Å². The minimum Gasteiger partial charge on any atom is -0.307 e. The lowest BCUT2D eigenvalue weighted by Crippen LogP contribution is -2.33. The summed E-state index contributed by atoms with van der Waals surface area (Å²) in [4.78, 5) is 8.34. The molecule has 0 aliphatic heterocycles. The average Bonchev–Trinajstić information content (AvgIpc) is 2.27. The fraction of sp³-hybridized carbons (Fsp3) is 0.636. The molecule has 1 rings (SSSR count). The first-order valence-corrected chi connectivity index (χ1v) is 6.32. The van der Waals surface area contributed by atoms with Crippen LogP contribution in [0.15, 0.2) is 18.6 Å². The van der Waals surface area contributed by atoms with Crippen LogP contribution in [0.3, 0.4) is 0 Å². The van der Waals surface area contributed by atoms with Crippen molar-refractivity contribution in [3.63, 3.8) is 0 Å². The van der Waals surface area contributed by atoms with Crippen LogP contribution < -0.4 is 5.32 Å². The maximum Gasteiger partial charge on any atom is 0.0753 e. The van der Waals surface area contributed by atoms with Crippen LogP contribution in [0.1, 0.15) is 32.5 Å². The summed E-state index contributed by atoms with van der Waals surface area (Å²) >= 11 is 1.87. The summed E-state index contributed by atoms with van der Waals surface area (Å²) in [6.07, 6.45) is 7.37. The number of aromatic nitrogens is 2. The molecule has 4 heteroatoms. The van der Waals surface area contributed by atoms with E-state index in [9.17, 15) is 0 Å². The van der Waals surface area contributed by atoms with Crippen molar-refractivity contribution in [1.82, 2.24) is 15.3 Å². The normalized spacial score (nSPS) is 13.9. The maximum absolute atomic E-state index is 4.27. The standard InChI is InChI=1S/C11H19N3S/c1-9(10-7-12-5-6-13-10)14-8-11(2,3)15-4/h5-7,9,14H,8H2,1-4H3. The molecule has 1 N–H and O–H groups in total. The van der Waals surface area contributed by atoms with Gasteiger partial charge in [-0.25, -0.2) is 0 Å². The molecule has 0 aromatic carbocycles. The fourth-order valence-corrected chi connectivity index (χ4v) is 1.34. The molecule has 0 saturated carbocycles. The molecule has 0 saturated heterocycles. The van der Waals surface area contributed by atoms with Crippen molar-refractivity contribution in [2.24, 2.45) is 0 Å². The van der Waals surface area contributed by atoms with Gasteiger partial charge in [-0.2, -0.15) is 11.8 Å². The molecule has 0 bridgehead atoms. The molecule has 0 amide bonds. The Kier molecular flexibility index (Phi) is 4.54. The van der Waals surface area contributed by atoms with Crippen LogP contribution >= 0.6 is 11.8 Å². The van der Waals surface area contributed by atoms with Crippen molar-refractivity contribution in [2.75, 3.05) is 12.8 Å². The Bertz CT molecular complexity index is 287. The van der Waals surface area contributed by atoms with Gasteiger partial charge in [0.2, 0.25) is 0 Å². The van der Waals surface area contributed by atoms with Crippen LogP contribution in [0.5, 0.6) is 0 Å². The zero-order valence-electron chi connectivity index (χ0n) is 9.82. The smallest absolute Gasteiger partial charge is 0.0753 e. The molecular weight excluding hydrogens is 206 g/mol. The predicted molar refractivity (Wildman–Crippen MR) is 66.0 cm³/mol. The van der Waals surface area contributed by atoms with Gasteiger partial charge in [-0.1, -0.05) is 0 Å². The molecule has 0 fully saturated rings. The minimum atomic E-state index is 0.255. The Morgan fingerprint density at radius 2 is 2.20 bits per heavy atom. The van der Waals surface area contributed by atoms with Gasteiger partial charge in [-0.15, -0.1) is 0 Å². The SMILES string of the molecule is CSC(C)(C)CNC(C)c1cnccn1. The summed E-state index contributed by atoms with van der Waals surface area (Å²) in [5, 5.41) is 3.47. The highest BCUT2D eigenvalue weighted by Gasteiger charge is 2.17. The van der Waals surface area contributed by atoms with Crippen molar-refractivity contribution < 1.29 is 0 Å². The second kappa shape index (κ2) is 5.47. The van der Waals surface area contributed by atoms with Crippen molar-refractivity contribution in [1.29, 1.82) is 0 Å². The molecule has 84 valence electrons. The summed E-state index contributed by atoms with van der Waals surface area (Å²) in [6, 6.07) is 0.255. The first-order chi connectivity index (χ1) is 7.05.